The van der Waals surface area contributed by atoms with Gasteiger partial charge in [0.15, 0.2) is 24.8 Å². The highest BCUT2D eigenvalue weighted by Crippen LogP contribution is 2.19. The summed E-state index contributed by atoms with van der Waals surface area (Å²) in [6, 6.07) is 17.6. The molecule has 0 saturated carbocycles. The lowest BCUT2D eigenvalue weighted by molar-refractivity contribution is -0.155. The standard InChI is InChI=1S/C36H60O5.C22H34O4.C14H27ClO/c1-3-5-7-9-11-13-14-16-18-20-25-29-35(38)41-33(28-24-19-17-15-12-10-8-6-4-2)30-36(39)40-31-34(37)32-26-22-21-23-27-32;1-2-3-4-5-6-7-8-9-13-16-20(23)17-22(25)26-18-21(24)19-14-11-10-12-15-19;1-2-3-4-5-6-7-8-9-10-11-12-13-14(15)16/h21-23,26-27,33H,3-20,24-25,28-31H2,1-2H3;10-12,14-15,20,23H,2-9,13,16-18H2,1H3;2-13H2,1H3/t33-;20-;/m11./s1. The number of esters is 3. The average Bonchev–Trinajstić information content (AvgIpc) is 3.51. The summed E-state index contributed by atoms with van der Waals surface area (Å²) in [5, 5.41) is 9.73. The first-order chi connectivity index (χ1) is 40.5. The Morgan fingerprint density at radius 2 is 0.651 bits per heavy atom. The van der Waals surface area contributed by atoms with Crippen LogP contribution in [0.25, 0.3) is 0 Å². The number of carbonyl (C=O) groups is 6. The van der Waals surface area contributed by atoms with Crippen molar-refractivity contribution in [3.63, 3.8) is 0 Å². The van der Waals surface area contributed by atoms with E-state index in [0.717, 1.165) is 57.8 Å². The minimum atomic E-state index is -0.682. The van der Waals surface area contributed by atoms with Gasteiger partial charge in [0.05, 0.1) is 18.9 Å². The monoisotopic (exact) mass is 1180 g/mol. The van der Waals surface area contributed by atoms with Gasteiger partial charge >= 0.3 is 17.9 Å². The zero-order chi connectivity index (χ0) is 60.9. The molecule has 2 atom stereocenters. The molecule has 0 aliphatic rings. The number of hydrogen-bond donors (Lipinski definition) is 1. The zero-order valence-corrected chi connectivity index (χ0v) is 54.1. The van der Waals surface area contributed by atoms with Gasteiger partial charge in [-0.15, -0.1) is 0 Å². The summed E-state index contributed by atoms with van der Waals surface area (Å²) in [6.45, 7) is 8.40. The van der Waals surface area contributed by atoms with Crippen molar-refractivity contribution in [2.45, 2.75) is 335 Å². The normalized spacial score (nSPS) is 11.6. The van der Waals surface area contributed by atoms with Gasteiger partial charge in [0.1, 0.15) is 6.10 Å². The van der Waals surface area contributed by atoms with Crippen molar-refractivity contribution in [2.24, 2.45) is 0 Å². The van der Waals surface area contributed by atoms with Gasteiger partial charge in [0.2, 0.25) is 5.24 Å². The summed E-state index contributed by atoms with van der Waals surface area (Å²) >= 11 is 5.26. The van der Waals surface area contributed by atoms with E-state index in [1.54, 1.807) is 48.5 Å². The van der Waals surface area contributed by atoms with Crippen molar-refractivity contribution in [2.75, 3.05) is 13.2 Å². The molecule has 0 aliphatic heterocycles. The Bertz CT molecular complexity index is 1800. The minimum absolute atomic E-state index is 0.00306. The zero-order valence-electron chi connectivity index (χ0n) is 53.4. The highest BCUT2D eigenvalue weighted by molar-refractivity contribution is 6.63. The molecule has 11 heteroatoms. The first-order valence-electron chi connectivity index (χ1n) is 34.0. The summed E-state index contributed by atoms with van der Waals surface area (Å²) in [7, 11) is 0. The van der Waals surface area contributed by atoms with Crippen LogP contribution in [0.1, 0.15) is 344 Å². The van der Waals surface area contributed by atoms with E-state index in [-0.39, 0.29) is 48.8 Å². The average molecular weight is 1180 g/mol. The first-order valence-corrected chi connectivity index (χ1v) is 34.4. The molecule has 0 heterocycles. The molecule has 0 aromatic heterocycles. The molecule has 0 unspecified atom stereocenters. The minimum Gasteiger partial charge on any atom is -0.462 e. The lowest BCUT2D eigenvalue weighted by Crippen LogP contribution is -2.24. The number of ether oxygens (including phenoxy) is 3. The summed E-state index contributed by atoms with van der Waals surface area (Å²) < 4.78 is 16.0. The predicted octanol–water partition coefficient (Wildman–Crippen LogP) is 20.9. The number of ketones is 2. The Morgan fingerprint density at radius 3 is 0.988 bits per heavy atom. The third kappa shape index (κ3) is 55.7. The van der Waals surface area contributed by atoms with E-state index in [9.17, 15) is 33.9 Å². The summed E-state index contributed by atoms with van der Waals surface area (Å²) in [6.07, 6.45) is 50.9. The van der Waals surface area contributed by atoms with Gasteiger partial charge in [-0.05, 0) is 43.7 Å². The molecule has 0 amide bonds. The van der Waals surface area contributed by atoms with E-state index in [0.29, 0.717) is 36.8 Å². The molecule has 2 rings (SSSR count). The molecule has 10 nitrogen and oxygen atoms in total. The van der Waals surface area contributed by atoms with E-state index in [1.165, 1.54) is 199 Å². The maximum atomic E-state index is 12.6. The van der Waals surface area contributed by atoms with Gasteiger partial charge in [0.25, 0.3) is 0 Å². The van der Waals surface area contributed by atoms with Crippen molar-refractivity contribution in [3.05, 3.63) is 71.8 Å². The van der Waals surface area contributed by atoms with Crippen LogP contribution in [0.4, 0.5) is 0 Å². The first kappa shape index (κ1) is 79.1. The lowest BCUT2D eigenvalue weighted by Gasteiger charge is -2.17. The Balaban J connectivity index is 0.00000136. The molecule has 0 spiro atoms. The van der Waals surface area contributed by atoms with Crippen LogP contribution >= 0.6 is 11.6 Å². The topological polar surface area (TPSA) is 150 Å². The number of carbonyl (C=O) groups excluding carboxylic acids is 6. The van der Waals surface area contributed by atoms with E-state index in [2.05, 4.69) is 27.7 Å². The Hall–Kier alpha value is -3.89. The van der Waals surface area contributed by atoms with Crippen LogP contribution in [0.3, 0.4) is 0 Å². The number of Topliss-reactive ketones (excluding diaryl/α,β-unsaturated/α-hetero) is 2. The van der Waals surface area contributed by atoms with Crippen LogP contribution in [0.5, 0.6) is 0 Å². The molecule has 0 saturated heterocycles. The van der Waals surface area contributed by atoms with Crippen molar-refractivity contribution < 1.29 is 48.1 Å². The van der Waals surface area contributed by atoms with Crippen LogP contribution in [-0.2, 0) is 33.4 Å². The Kier molecular flexibility index (Phi) is 58.3. The smallest absolute Gasteiger partial charge is 0.310 e. The SMILES string of the molecule is CCCCCCCCCCCCCC(=O)Cl.CCCCCCCCCCCCCC(=O)O[C@H](CCCCCCCCCCC)CC(=O)OCC(=O)c1ccccc1.CCCCCCCCCCC[C@@H](O)CC(=O)OCC(=O)c1ccccc1. The maximum Gasteiger partial charge on any atom is 0.310 e. The molecule has 2 aromatic rings. The number of halogens is 1. The van der Waals surface area contributed by atoms with Crippen molar-refractivity contribution in [1.82, 2.24) is 0 Å². The van der Waals surface area contributed by atoms with E-state index in [4.69, 9.17) is 25.8 Å². The van der Waals surface area contributed by atoms with Gasteiger partial charge in [0, 0.05) is 24.0 Å². The quantitative estimate of drug-likeness (QED) is 0.0223. The van der Waals surface area contributed by atoms with E-state index >= 15 is 0 Å². The molecule has 2 aromatic carbocycles. The van der Waals surface area contributed by atoms with Crippen molar-refractivity contribution in [3.8, 4) is 0 Å². The Morgan fingerprint density at radius 1 is 0.361 bits per heavy atom. The molecular formula is C72H121ClO10. The van der Waals surface area contributed by atoms with Crippen molar-refractivity contribution >= 4 is 46.3 Å². The fraction of sp³-hybridized carbons (Fsp3) is 0.750. The van der Waals surface area contributed by atoms with Gasteiger partial charge in [-0.1, -0.05) is 326 Å². The lowest BCUT2D eigenvalue weighted by atomic mass is 10.0. The molecule has 0 aliphatic carbocycles. The van der Waals surface area contributed by atoms with Crippen LogP contribution in [0.2, 0.25) is 0 Å². The Labute approximate surface area is 512 Å². The predicted molar refractivity (Wildman–Crippen MR) is 345 cm³/mol. The van der Waals surface area contributed by atoms with Crippen LogP contribution in [0.15, 0.2) is 60.7 Å². The largest absolute Gasteiger partial charge is 0.462 e. The number of hydrogen-bond acceptors (Lipinski definition) is 10. The maximum absolute atomic E-state index is 12.6. The second-order valence-corrected chi connectivity index (χ2v) is 23.7. The number of aliphatic hydroxyl groups excluding tert-OH is 1. The second-order valence-electron chi connectivity index (χ2n) is 23.2. The molecule has 0 bridgehead atoms. The third-order valence-electron chi connectivity index (χ3n) is 15.2. The number of rotatable bonds is 55. The van der Waals surface area contributed by atoms with E-state index in [1.807, 2.05) is 12.1 Å². The third-order valence-corrected chi connectivity index (χ3v) is 15.4. The summed E-state index contributed by atoms with van der Waals surface area (Å²) in [5.41, 5.74) is 1.04. The fourth-order valence-electron chi connectivity index (χ4n) is 9.99. The molecule has 0 fully saturated rings. The molecular weight excluding hydrogens is 1060 g/mol. The van der Waals surface area contributed by atoms with Gasteiger partial charge < -0.3 is 19.3 Å². The number of unbranched alkanes of at least 4 members (excludes halogenated alkanes) is 36. The summed E-state index contributed by atoms with van der Waals surface area (Å²) in [4.78, 5) is 71.4. The van der Waals surface area contributed by atoms with Gasteiger partial charge in [-0.3, -0.25) is 28.8 Å². The molecule has 476 valence electrons. The van der Waals surface area contributed by atoms with E-state index < -0.39 is 24.1 Å². The summed E-state index contributed by atoms with van der Waals surface area (Å²) in [5.74, 6) is -1.69. The fourth-order valence-corrected chi connectivity index (χ4v) is 10.1. The van der Waals surface area contributed by atoms with Gasteiger partial charge in [-0.25, -0.2) is 0 Å². The molecule has 0 radical (unpaired) electrons. The number of aliphatic hydroxyl groups is 1. The highest BCUT2D eigenvalue weighted by atomic mass is 35.5. The second kappa shape index (κ2) is 61.2. The van der Waals surface area contributed by atoms with Gasteiger partial charge in [-0.2, -0.15) is 0 Å². The number of benzene rings is 2. The van der Waals surface area contributed by atoms with Crippen LogP contribution in [0, 0.1) is 0 Å². The molecule has 1 N–H and O–H groups in total. The van der Waals surface area contributed by atoms with Crippen LogP contribution in [-0.4, -0.2) is 65.2 Å². The molecule has 83 heavy (non-hydrogen) atoms. The highest BCUT2D eigenvalue weighted by Gasteiger charge is 2.21. The van der Waals surface area contributed by atoms with Crippen LogP contribution < -0.4 is 0 Å². The van der Waals surface area contributed by atoms with Crippen molar-refractivity contribution in [1.29, 1.82) is 0 Å².